The molecule has 1 atom stereocenters. The molecule has 1 saturated heterocycles. The maximum atomic E-state index is 12.3. The molecular weight excluding hydrogens is 349 g/mol. The van der Waals surface area contributed by atoms with Crippen LogP contribution in [0, 0.1) is 0 Å². The van der Waals surface area contributed by atoms with Crippen LogP contribution >= 0.6 is 0 Å². The van der Waals surface area contributed by atoms with Crippen LogP contribution in [0.2, 0.25) is 0 Å². The minimum atomic E-state index is -4.31. The highest BCUT2D eigenvalue weighted by Crippen LogP contribution is 2.28. The molecule has 0 bridgehead atoms. The Kier molecular flexibility index (Phi) is 5.28. The van der Waals surface area contributed by atoms with Crippen LogP contribution in [-0.4, -0.2) is 54.6 Å². The second-order valence-electron chi connectivity index (χ2n) is 6.53. The minimum absolute atomic E-state index is 0.0255. The predicted octanol–water partition coefficient (Wildman–Crippen LogP) is 2.11. The van der Waals surface area contributed by atoms with Gasteiger partial charge in [0.15, 0.2) is 5.82 Å². The Bertz CT molecular complexity index is 740. The number of carbonyl (C=O) groups excluding carboxylic acids is 1. The standard InChI is InChI=1S/C16H21F3N6O/c1-23-13(11-25-9-3-7-20-25)21-22-15(23)12-4-2-8-24(10-12)14(26)5-6-16(17,18)19/h3,7,9,12H,2,4-6,8,10-11H2,1H3/t12-/m0/s1. The van der Waals surface area contributed by atoms with Crippen molar-refractivity contribution in [1.29, 1.82) is 0 Å². The number of alkyl halides is 3. The second-order valence-corrected chi connectivity index (χ2v) is 6.53. The van der Waals surface area contributed by atoms with E-state index < -0.39 is 24.9 Å². The van der Waals surface area contributed by atoms with Gasteiger partial charge in [0.25, 0.3) is 0 Å². The molecule has 0 spiro atoms. The van der Waals surface area contributed by atoms with Crippen LogP contribution in [0.3, 0.4) is 0 Å². The van der Waals surface area contributed by atoms with Crippen LogP contribution in [0.4, 0.5) is 13.2 Å². The minimum Gasteiger partial charge on any atom is -0.342 e. The molecule has 2 aromatic heterocycles. The van der Waals surface area contributed by atoms with Gasteiger partial charge in [0.1, 0.15) is 12.4 Å². The summed E-state index contributed by atoms with van der Waals surface area (Å²) in [7, 11) is 1.86. The Balaban J connectivity index is 1.64. The molecule has 3 rings (SSSR count). The smallest absolute Gasteiger partial charge is 0.342 e. The van der Waals surface area contributed by atoms with E-state index in [1.165, 1.54) is 4.90 Å². The fourth-order valence-electron chi connectivity index (χ4n) is 3.23. The predicted molar refractivity (Wildman–Crippen MR) is 86.2 cm³/mol. The van der Waals surface area contributed by atoms with Gasteiger partial charge in [-0.05, 0) is 18.9 Å². The van der Waals surface area contributed by atoms with Gasteiger partial charge >= 0.3 is 6.18 Å². The summed E-state index contributed by atoms with van der Waals surface area (Å²) < 4.78 is 40.6. The van der Waals surface area contributed by atoms with Crippen molar-refractivity contribution >= 4 is 5.91 Å². The lowest BCUT2D eigenvalue weighted by molar-refractivity contribution is -0.149. The Morgan fingerprint density at radius 2 is 2.15 bits per heavy atom. The molecule has 26 heavy (non-hydrogen) atoms. The maximum absolute atomic E-state index is 12.3. The Hall–Kier alpha value is -2.39. The van der Waals surface area contributed by atoms with Crippen LogP contribution in [0.15, 0.2) is 18.5 Å². The molecule has 7 nitrogen and oxygen atoms in total. The van der Waals surface area contributed by atoms with Crippen molar-refractivity contribution < 1.29 is 18.0 Å². The second kappa shape index (κ2) is 7.46. The number of rotatable bonds is 5. The molecule has 0 saturated carbocycles. The molecule has 0 unspecified atom stereocenters. The number of piperidine rings is 1. The van der Waals surface area contributed by atoms with E-state index in [0.29, 0.717) is 19.6 Å². The van der Waals surface area contributed by atoms with E-state index >= 15 is 0 Å². The zero-order chi connectivity index (χ0) is 18.7. The van der Waals surface area contributed by atoms with Gasteiger partial charge in [0.2, 0.25) is 5.91 Å². The van der Waals surface area contributed by atoms with E-state index in [1.807, 2.05) is 23.9 Å². The van der Waals surface area contributed by atoms with E-state index in [4.69, 9.17) is 0 Å². The largest absolute Gasteiger partial charge is 0.389 e. The van der Waals surface area contributed by atoms with Crippen LogP contribution in [0.1, 0.15) is 43.3 Å². The lowest BCUT2D eigenvalue weighted by atomic mass is 9.96. The fourth-order valence-corrected chi connectivity index (χ4v) is 3.23. The Morgan fingerprint density at radius 3 is 2.85 bits per heavy atom. The number of aromatic nitrogens is 5. The monoisotopic (exact) mass is 370 g/mol. The number of carbonyl (C=O) groups is 1. The Labute approximate surface area is 148 Å². The summed E-state index contributed by atoms with van der Waals surface area (Å²) in [6, 6.07) is 1.82. The van der Waals surface area contributed by atoms with Crippen LogP contribution < -0.4 is 0 Å². The normalized spacial score (nSPS) is 18.3. The molecule has 2 aromatic rings. The first-order valence-electron chi connectivity index (χ1n) is 8.53. The van der Waals surface area contributed by atoms with Gasteiger partial charge in [-0.3, -0.25) is 9.48 Å². The molecule has 1 aliphatic rings. The van der Waals surface area contributed by atoms with Gasteiger partial charge in [0.05, 0.1) is 6.42 Å². The van der Waals surface area contributed by atoms with Crippen LogP contribution in [-0.2, 0) is 18.4 Å². The number of hydrogen-bond donors (Lipinski definition) is 0. The van der Waals surface area contributed by atoms with Crippen LogP contribution in [0.25, 0.3) is 0 Å². The molecule has 1 amide bonds. The van der Waals surface area contributed by atoms with Crippen molar-refractivity contribution in [3.8, 4) is 0 Å². The van der Waals surface area contributed by atoms with E-state index in [1.54, 1.807) is 10.9 Å². The SMILES string of the molecule is Cn1c(Cn2cccn2)nnc1[C@H]1CCCN(C(=O)CCC(F)(F)F)C1. The first-order chi connectivity index (χ1) is 12.3. The third-order valence-corrected chi connectivity index (χ3v) is 4.62. The highest BCUT2D eigenvalue weighted by Gasteiger charge is 2.32. The molecular formula is C16H21F3N6O. The van der Waals surface area contributed by atoms with Gasteiger partial charge in [-0.25, -0.2) is 0 Å². The molecule has 1 fully saturated rings. The topological polar surface area (TPSA) is 68.8 Å². The zero-order valence-corrected chi connectivity index (χ0v) is 14.5. The zero-order valence-electron chi connectivity index (χ0n) is 14.5. The molecule has 142 valence electrons. The lowest BCUT2D eigenvalue weighted by Crippen LogP contribution is -2.40. The van der Waals surface area contributed by atoms with Crippen molar-refractivity contribution in [1.82, 2.24) is 29.4 Å². The quantitative estimate of drug-likeness (QED) is 0.808. The lowest BCUT2D eigenvalue weighted by Gasteiger charge is -2.32. The maximum Gasteiger partial charge on any atom is 0.389 e. The van der Waals surface area contributed by atoms with Gasteiger partial charge in [-0.15, -0.1) is 10.2 Å². The third-order valence-electron chi connectivity index (χ3n) is 4.62. The summed E-state index contributed by atoms with van der Waals surface area (Å²) in [4.78, 5) is 13.6. The van der Waals surface area contributed by atoms with Gasteiger partial charge < -0.3 is 9.47 Å². The van der Waals surface area contributed by atoms with E-state index in [0.717, 1.165) is 24.5 Å². The molecule has 10 heteroatoms. The molecule has 3 heterocycles. The highest BCUT2D eigenvalue weighted by molar-refractivity contribution is 5.76. The summed E-state index contributed by atoms with van der Waals surface area (Å²) in [5.74, 6) is 1.01. The van der Waals surface area contributed by atoms with Gasteiger partial charge in [-0.1, -0.05) is 0 Å². The van der Waals surface area contributed by atoms with Crippen molar-refractivity contribution in [3.05, 3.63) is 30.1 Å². The molecule has 0 aromatic carbocycles. The first-order valence-corrected chi connectivity index (χ1v) is 8.53. The van der Waals surface area contributed by atoms with E-state index in [9.17, 15) is 18.0 Å². The number of likely N-dealkylation sites (tertiary alicyclic amines) is 1. The average Bonchev–Trinajstić information content (AvgIpc) is 3.23. The van der Waals surface area contributed by atoms with E-state index in [-0.39, 0.29) is 5.92 Å². The van der Waals surface area contributed by atoms with Crippen molar-refractivity contribution in [2.45, 2.75) is 44.3 Å². The molecule has 1 aliphatic heterocycles. The number of nitrogens with zero attached hydrogens (tertiary/aromatic N) is 6. The third kappa shape index (κ3) is 4.41. The molecule has 0 aliphatic carbocycles. The first kappa shape index (κ1) is 18.4. The molecule has 0 radical (unpaired) electrons. The molecule has 0 N–H and O–H groups in total. The summed E-state index contributed by atoms with van der Waals surface area (Å²) in [5.41, 5.74) is 0. The fraction of sp³-hybridized carbons (Fsp3) is 0.625. The summed E-state index contributed by atoms with van der Waals surface area (Å²) >= 11 is 0. The number of halogens is 3. The average molecular weight is 370 g/mol. The highest BCUT2D eigenvalue weighted by atomic mass is 19.4. The number of amides is 1. The van der Waals surface area contributed by atoms with Crippen molar-refractivity contribution in [2.75, 3.05) is 13.1 Å². The van der Waals surface area contributed by atoms with Crippen LogP contribution in [0.5, 0.6) is 0 Å². The Morgan fingerprint density at radius 1 is 1.35 bits per heavy atom. The number of hydrogen-bond acceptors (Lipinski definition) is 4. The van der Waals surface area contributed by atoms with Gasteiger partial charge in [-0.2, -0.15) is 18.3 Å². The summed E-state index contributed by atoms with van der Waals surface area (Å²) in [6.07, 6.45) is -0.806. The van der Waals surface area contributed by atoms with Crippen molar-refractivity contribution in [2.24, 2.45) is 7.05 Å². The van der Waals surface area contributed by atoms with E-state index in [2.05, 4.69) is 15.3 Å². The summed E-state index contributed by atoms with van der Waals surface area (Å²) in [5, 5.41) is 12.6. The van der Waals surface area contributed by atoms with Crippen molar-refractivity contribution in [3.63, 3.8) is 0 Å². The summed E-state index contributed by atoms with van der Waals surface area (Å²) in [6.45, 7) is 1.35. The van der Waals surface area contributed by atoms with Gasteiger partial charge in [0, 0.05) is 44.9 Å².